The summed E-state index contributed by atoms with van der Waals surface area (Å²) in [6, 6.07) is 0. The zero-order valence-corrected chi connectivity index (χ0v) is 16.1. The Morgan fingerprint density at radius 3 is 2.60 bits per heavy atom. The van der Waals surface area contributed by atoms with Gasteiger partial charge in [-0.25, -0.2) is 0 Å². The average molecular weight is 347 g/mol. The van der Waals surface area contributed by atoms with Crippen LogP contribution < -0.4 is 0 Å². The van der Waals surface area contributed by atoms with Gasteiger partial charge >= 0.3 is 5.97 Å². The number of fused-ring (bicyclic) bond motifs is 4. The molecule has 5 aliphatic rings. The van der Waals surface area contributed by atoms with E-state index in [0.29, 0.717) is 29.3 Å². The quantitative estimate of drug-likeness (QED) is 0.802. The van der Waals surface area contributed by atoms with Crippen molar-refractivity contribution < 1.29 is 14.6 Å². The van der Waals surface area contributed by atoms with Crippen LogP contribution in [0.3, 0.4) is 0 Å². The molecule has 0 radical (unpaired) electrons. The number of carboxylic acids is 1. The first-order valence-corrected chi connectivity index (χ1v) is 10.6. The van der Waals surface area contributed by atoms with Crippen molar-refractivity contribution in [2.45, 2.75) is 77.7 Å². The molecule has 0 unspecified atom stereocenters. The monoisotopic (exact) mass is 346 g/mol. The lowest BCUT2D eigenvalue weighted by Crippen LogP contribution is -2.56. The highest BCUT2D eigenvalue weighted by Gasteiger charge is 2.77. The second kappa shape index (κ2) is 5.03. The van der Waals surface area contributed by atoms with Crippen LogP contribution >= 0.6 is 0 Å². The Morgan fingerprint density at radius 2 is 1.92 bits per heavy atom. The fraction of sp³-hybridized carbons (Fsp3) is 0.955. The highest BCUT2D eigenvalue weighted by Crippen LogP contribution is 2.82. The van der Waals surface area contributed by atoms with Gasteiger partial charge in [0.05, 0.1) is 6.10 Å². The van der Waals surface area contributed by atoms with Crippen molar-refractivity contribution in [2.24, 2.45) is 45.8 Å². The number of carboxylic acid groups (broad SMARTS) is 1. The first-order valence-electron chi connectivity index (χ1n) is 10.6. The molecule has 0 aromatic rings. The lowest BCUT2D eigenvalue weighted by molar-refractivity contribution is -0.161. The van der Waals surface area contributed by atoms with Gasteiger partial charge in [-0.3, -0.25) is 4.79 Å². The summed E-state index contributed by atoms with van der Waals surface area (Å²) in [4.78, 5) is 11.4. The number of ether oxygens (including phenoxy) is 1. The van der Waals surface area contributed by atoms with E-state index >= 15 is 0 Å². The van der Waals surface area contributed by atoms with E-state index in [1.54, 1.807) is 0 Å². The van der Waals surface area contributed by atoms with Crippen LogP contribution in [-0.2, 0) is 9.53 Å². The summed E-state index contributed by atoms with van der Waals surface area (Å²) in [7, 11) is 1.94. The zero-order chi connectivity index (χ0) is 17.6. The van der Waals surface area contributed by atoms with Crippen molar-refractivity contribution in [1.29, 1.82) is 0 Å². The van der Waals surface area contributed by atoms with E-state index in [2.05, 4.69) is 13.8 Å². The summed E-state index contributed by atoms with van der Waals surface area (Å²) >= 11 is 0. The van der Waals surface area contributed by atoms with E-state index < -0.39 is 5.97 Å². The first-order chi connectivity index (χ1) is 11.9. The van der Waals surface area contributed by atoms with Gasteiger partial charge < -0.3 is 9.84 Å². The summed E-state index contributed by atoms with van der Waals surface area (Å²) in [6.07, 6.45) is 11.3. The van der Waals surface area contributed by atoms with Gasteiger partial charge in [-0.2, -0.15) is 0 Å². The molecule has 0 aromatic heterocycles. The summed E-state index contributed by atoms with van der Waals surface area (Å²) in [6.45, 7) is 5.03. The van der Waals surface area contributed by atoms with Crippen molar-refractivity contribution >= 4 is 5.97 Å². The third-order valence-corrected chi connectivity index (χ3v) is 10.4. The molecule has 5 fully saturated rings. The Labute approximate surface area is 151 Å². The molecule has 1 N–H and O–H groups in total. The molecule has 5 rings (SSSR count). The number of hydrogen-bond acceptors (Lipinski definition) is 2. The maximum Gasteiger partial charge on any atom is 0.303 e. The molecular formula is C22H34O3. The normalized spacial score (nSPS) is 58.8. The van der Waals surface area contributed by atoms with Gasteiger partial charge in [-0.1, -0.05) is 13.8 Å². The van der Waals surface area contributed by atoms with Crippen molar-refractivity contribution in [3.05, 3.63) is 0 Å². The molecular weight excluding hydrogens is 312 g/mol. The van der Waals surface area contributed by atoms with Crippen LogP contribution in [0.25, 0.3) is 0 Å². The molecule has 0 bridgehead atoms. The third kappa shape index (κ3) is 1.84. The lowest BCUT2D eigenvalue weighted by Gasteiger charge is -2.60. The number of methoxy groups -OCH3 is 1. The van der Waals surface area contributed by atoms with E-state index in [0.717, 1.165) is 30.1 Å². The lowest BCUT2D eigenvalue weighted by atomic mass is 9.45. The molecule has 1 spiro atoms. The molecule has 9 atom stereocenters. The second-order valence-corrected chi connectivity index (χ2v) is 10.7. The van der Waals surface area contributed by atoms with Crippen molar-refractivity contribution in [1.82, 2.24) is 0 Å². The van der Waals surface area contributed by atoms with Gasteiger partial charge in [0, 0.05) is 18.9 Å². The summed E-state index contributed by atoms with van der Waals surface area (Å²) in [5, 5.41) is 9.37. The number of aliphatic carboxylic acids is 1. The van der Waals surface area contributed by atoms with Gasteiger partial charge in [0.2, 0.25) is 0 Å². The van der Waals surface area contributed by atoms with Crippen LogP contribution in [0, 0.1) is 45.8 Å². The van der Waals surface area contributed by atoms with Crippen LogP contribution in [0.4, 0.5) is 0 Å². The smallest absolute Gasteiger partial charge is 0.303 e. The first kappa shape index (κ1) is 16.6. The molecule has 140 valence electrons. The largest absolute Gasteiger partial charge is 0.481 e. The molecule has 3 heteroatoms. The molecule has 0 aromatic carbocycles. The fourth-order valence-corrected chi connectivity index (χ4v) is 9.23. The van der Waals surface area contributed by atoms with Crippen LogP contribution in [0.5, 0.6) is 0 Å². The van der Waals surface area contributed by atoms with Crippen molar-refractivity contribution in [3.63, 3.8) is 0 Å². The number of rotatable bonds is 3. The Bertz CT molecular complexity index is 602. The summed E-state index contributed by atoms with van der Waals surface area (Å²) in [5.41, 5.74) is 1.23. The Morgan fingerprint density at radius 1 is 1.12 bits per heavy atom. The van der Waals surface area contributed by atoms with E-state index in [-0.39, 0.29) is 5.41 Å². The minimum absolute atomic E-state index is 0.250. The minimum atomic E-state index is -0.602. The van der Waals surface area contributed by atoms with Gasteiger partial charge in [-0.05, 0) is 91.8 Å². The molecule has 0 saturated heterocycles. The summed E-state index contributed by atoms with van der Waals surface area (Å²) < 4.78 is 6.14. The van der Waals surface area contributed by atoms with Gasteiger partial charge in [0.1, 0.15) is 0 Å². The average Bonchev–Trinajstić information content (AvgIpc) is 3.10. The van der Waals surface area contributed by atoms with Crippen LogP contribution in [0.2, 0.25) is 0 Å². The van der Waals surface area contributed by atoms with Crippen LogP contribution in [0.1, 0.15) is 71.6 Å². The highest BCUT2D eigenvalue weighted by atomic mass is 16.5. The second-order valence-electron chi connectivity index (χ2n) is 10.7. The Kier molecular flexibility index (Phi) is 3.34. The van der Waals surface area contributed by atoms with E-state index in [1.165, 1.54) is 44.9 Å². The molecule has 25 heavy (non-hydrogen) atoms. The molecule has 0 aliphatic heterocycles. The number of carbonyl (C=O) groups is 1. The molecule has 5 aliphatic carbocycles. The molecule has 3 nitrogen and oxygen atoms in total. The zero-order valence-electron chi connectivity index (χ0n) is 16.1. The van der Waals surface area contributed by atoms with E-state index in [9.17, 15) is 9.90 Å². The minimum Gasteiger partial charge on any atom is -0.481 e. The maximum absolute atomic E-state index is 11.4. The van der Waals surface area contributed by atoms with Crippen molar-refractivity contribution in [2.75, 3.05) is 7.11 Å². The van der Waals surface area contributed by atoms with Crippen LogP contribution in [0.15, 0.2) is 0 Å². The topological polar surface area (TPSA) is 46.5 Å². The van der Waals surface area contributed by atoms with Gasteiger partial charge in [-0.15, -0.1) is 0 Å². The predicted octanol–water partition coefficient (Wildman–Crippen LogP) is 4.74. The summed E-state index contributed by atoms with van der Waals surface area (Å²) in [5.74, 6) is 3.05. The highest BCUT2D eigenvalue weighted by molar-refractivity contribution is 5.67. The Hall–Kier alpha value is -0.570. The van der Waals surface area contributed by atoms with Gasteiger partial charge in [0.25, 0.3) is 0 Å². The third-order valence-electron chi connectivity index (χ3n) is 10.4. The van der Waals surface area contributed by atoms with E-state index in [1.807, 2.05) is 7.11 Å². The van der Waals surface area contributed by atoms with Gasteiger partial charge in [0.15, 0.2) is 0 Å². The fourth-order valence-electron chi connectivity index (χ4n) is 9.23. The van der Waals surface area contributed by atoms with Crippen LogP contribution in [-0.4, -0.2) is 24.3 Å². The number of hydrogen-bond donors (Lipinski definition) is 1. The molecule has 0 heterocycles. The molecule has 5 saturated carbocycles. The SMILES string of the molecule is CO[C@@H]1C[C@H]2[C@@H]3CC[C@@H](CC(=O)O)[C@@]3(C)CC[C@@H]2[C@@]2(C)CC[C@@H]3C[C@]312. The van der Waals surface area contributed by atoms with Crippen molar-refractivity contribution in [3.8, 4) is 0 Å². The molecule has 0 amide bonds. The Balaban J connectivity index is 1.48. The van der Waals surface area contributed by atoms with E-state index in [4.69, 9.17) is 4.74 Å². The maximum atomic E-state index is 11.4. The standard InChI is InChI=1S/C22H34O3/c1-20-8-7-17-15(16(20)5-4-13(20)10-19(23)24)11-18(25-3)22-12-14(22)6-9-21(17,22)2/h13-18H,4-12H2,1-3H3,(H,23,24)/t13-,14+,15-,16-,17-,18+,20+,21+,22-/m0/s1. The predicted molar refractivity (Wildman–Crippen MR) is 96.1 cm³/mol.